The zero-order valence-corrected chi connectivity index (χ0v) is 26.6. The number of anilines is 3. The average Bonchev–Trinajstić information content (AvgIpc) is 3.70. The summed E-state index contributed by atoms with van der Waals surface area (Å²) in [6.45, 7) is 0. The molecular weight excluding hydrogens is 597 g/mol. The molecule has 3 nitrogen and oxygen atoms in total. The minimum atomic E-state index is 0.877. The Morgan fingerprint density at radius 3 is 1.92 bits per heavy atom. The molecule has 0 fully saturated rings. The third kappa shape index (κ3) is 4.44. The van der Waals surface area contributed by atoms with Crippen LogP contribution in [0.5, 0.6) is 0 Å². The van der Waals surface area contributed by atoms with Crippen LogP contribution in [0.2, 0.25) is 0 Å². The summed E-state index contributed by atoms with van der Waals surface area (Å²) in [5.41, 5.74) is 10.9. The molecule has 10 rings (SSSR count). The summed E-state index contributed by atoms with van der Waals surface area (Å²) in [4.78, 5) is 2.35. The molecule has 10 aromatic rings. The second-order valence-electron chi connectivity index (χ2n) is 12.6. The maximum atomic E-state index is 6.32. The van der Waals surface area contributed by atoms with E-state index in [1.54, 1.807) is 0 Å². The van der Waals surface area contributed by atoms with E-state index in [4.69, 9.17) is 4.42 Å². The third-order valence-corrected chi connectivity index (χ3v) is 9.72. The number of para-hydroxylation sites is 3. The summed E-state index contributed by atoms with van der Waals surface area (Å²) in [5.74, 6) is 0. The van der Waals surface area contributed by atoms with Crippen LogP contribution >= 0.6 is 0 Å². The van der Waals surface area contributed by atoms with Gasteiger partial charge >= 0.3 is 0 Å². The monoisotopic (exact) mass is 626 g/mol. The molecule has 0 aliphatic rings. The number of rotatable bonds is 5. The van der Waals surface area contributed by atoms with Crippen molar-refractivity contribution < 1.29 is 4.42 Å². The highest BCUT2D eigenvalue weighted by Gasteiger charge is 2.20. The summed E-state index contributed by atoms with van der Waals surface area (Å²) in [6.07, 6.45) is 0. The minimum absolute atomic E-state index is 0.877. The van der Waals surface area contributed by atoms with Gasteiger partial charge in [-0.2, -0.15) is 0 Å². The summed E-state index contributed by atoms with van der Waals surface area (Å²) in [6, 6.07) is 65.0. The summed E-state index contributed by atoms with van der Waals surface area (Å²) >= 11 is 0. The number of hydrogen-bond acceptors (Lipinski definition) is 2. The molecular formula is C46H30N2O. The van der Waals surface area contributed by atoms with Gasteiger partial charge in [0, 0.05) is 33.2 Å². The molecule has 0 N–H and O–H groups in total. The van der Waals surface area contributed by atoms with Crippen molar-refractivity contribution in [3.8, 4) is 16.8 Å². The smallest absolute Gasteiger partial charge is 0.137 e. The van der Waals surface area contributed by atoms with Crippen molar-refractivity contribution in [2.75, 3.05) is 4.90 Å². The van der Waals surface area contributed by atoms with Gasteiger partial charge in [-0.15, -0.1) is 0 Å². The highest BCUT2D eigenvalue weighted by molar-refractivity contribution is 6.15. The van der Waals surface area contributed by atoms with E-state index >= 15 is 0 Å². The van der Waals surface area contributed by atoms with Crippen LogP contribution in [-0.4, -0.2) is 4.57 Å². The first-order chi connectivity index (χ1) is 24.3. The van der Waals surface area contributed by atoms with E-state index in [0.29, 0.717) is 0 Å². The third-order valence-electron chi connectivity index (χ3n) is 9.72. The molecule has 49 heavy (non-hydrogen) atoms. The Bertz CT molecular complexity index is 2830. The lowest BCUT2D eigenvalue weighted by Gasteiger charge is -2.26. The fourth-order valence-electron chi connectivity index (χ4n) is 7.51. The van der Waals surface area contributed by atoms with E-state index in [1.165, 1.54) is 38.1 Å². The Kier molecular flexibility index (Phi) is 6.18. The van der Waals surface area contributed by atoms with Gasteiger partial charge in [0.1, 0.15) is 11.2 Å². The van der Waals surface area contributed by atoms with Crippen molar-refractivity contribution in [1.29, 1.82) is 0 Å². The van der Waals surface area contributed by atoms with Gasteiger partial charge in [-0.05, 0) is 94.7 Å². The zero-order chi connectivity index (χ0) is 32.3. The lowest BCUT2D eigenvalue weighted by atomic mass is 10.0. The number of aromatic nitrogens is 1. The Hall–Kier alpha value is -6.58. The molecule has 230 valence electrons. The molecule has 0 bridgehead atoms. The molecule has 0 amide bonds. The normalized spacial score (nSPS) is 11.7. The molecule has 2 heterocycles. The van der Waals surface area contributed by atoms with Crippen molar-refractivity contribution >= 4 is 71.6 Å². The molecule has 2 aromatic heterocycles. The Labute approximate surface area is 283 Å². The predicted octanol–water partition coefficient (Wildman–Crippen LogP) is 13.0. The largest absolute Gasteiger partial charge is 0.456 e. The average molecular weight is 627 g/mol. The van der Waals surface area contributed by atoms with Gasteiger partial charge in [-0.1, -0.05) is 109 Å². The standard InChI is InChI=1S/C46H30N2O/c1-3-16-35(17-4-1)47(41-22-12-24-45-46(41)39-21-9-10-23-44(39)49-45)37-20-11-15-31(27-37)34-25-26-38-40-28-32-13-7-8-14-33(32)29-43(40)48(42(38)30-34)36-18-5-2-6-19-36/h1-30H. The zero-order valence-electron chi connectivity index (χ0n) is 26.6. The minimum Gasteiger partial charge on any atom is -0.456 e. The van der Waals surface area contributed by atoms with Gasteiger partial charge in [-0.25, -0.2) is 0 Å². The second kappa shape index (κ2) is 11.0. The van der Waals surface area contributed by atoms with Gasteiger partial charge in [-0.3, -0.25) is 0 Å². The maximum Gasteiger partial charge on any atom is 0.137 e. The quantitative estimate of drug-likeness (QED) is 0.190. The topological polar surface area (TPSA) is 21.3 Å². The predicted molar refractivity (Wildman–Crippen MR) is 206 cm³/mol. The van der Waals surface area contributed by atoms with Gasteiger partial charge in [0.05, 0.1) is 22.1 Å². The van der Waals surface area contributed by atoms with Gasteiger partial charge in [0.2, 0.25) is 0 Å². The summed E-state index contributed by atoms with van der Waals surface area (Å²) in [5, 5.41) is 7.21. The van der Waals surface area contributed by atoms with Crippen molar-refractivity contribution in [3.63, 3.8) is 0 Å². The number of furan rings is 1. The molecule has 3 heteroatoms. The van der Waals surface area contributed by atoms with E-state index in [9.17, 15) is 0 Å². The van der Waals surface area contributed by atoms with Crippen LogP contribution in [0.15, 0.2) is 186 Å². The lowest BCUT2D eigenvalue weighted by molar-refractivity contribution is 0.669. The van der Waals surface area contributed by atoms with Gasteiger partial charge in [0.15, 0.2) is 0 Å². The van der Waals surface area contributed by atoms with Crippen molar-refractivity contribution in [1.82, 2.24) is 4.57 Å². The van der Waals surface area contributed by atoms with E-state index in [0.717, 1.165) is 50.3 Å². The fourth-order valence-corrected chi connectivity index (χ4v) is 7.51. The molecule has 0 atom stereocenters. The van der Waals surface area contributed by atoms with Gasteiger partial charge in [0.25, 0.3) is 0 Å². The first-order valence-electron chi connectivity index (χ1n) is 16.7. The Balaban J connectivity index is 1.19. The maximum absolute atomic E-state index is 6.32. The molecule has 8 aromatic carbocycles. The summed E-state index contributed by atoms with van der Waals surface area (Å²) in [7, 11) is 0. The number of fused-ring (bicyclic) bond motifs is 7. The first kappa shape index (κ1) is 27.5. The second-order valence-corrected chi connectivity index (χ2v) is 12.6. The van der Waals surface area contributed by atoms with Crippen molar-refractivity contribution in [2.45, 2.75) is 0 Å². The van der Waals surface area contributed by atoms with Crippen LogP contribution in [-0.2, 0) is 0 Å². The highest BCUT2D eigenvalue weighted by atomic mass is 16.3. The molecule has 0 saturated carbocycles. The van der Waals surface area contributed by atoms with Crippen LogP contribution in [0.25, 0.3) is 71.3 Å². The molecule has 0 radical (unpaired) electrons. The van der Waals surface area contributed by atoms with Crippen LogP contribution in [0, 0.1) is 0 Å². The lowest BCUT2D eigenvalue weighted by Crippen LogP contribution is -2.10. The Morgan fingerprint density at radius 1 is 0.408 bits per heavy atom. The molecule has 0 aliphatic carbocycles. The first-order valence-corrected chi connectivity index (χ1v) is 16.7. The van der Waals surface area contributed by atoms with Crippen molar-refractivity contribution in [2.24, 2.45) is 0 Å². The SMILES string of the molecule is c1ccc(N(c2cccc(-c3ccc4c5cc6ccccc6cc5n(-c5ccccc5)c4c3)c2)c2cccc3oc4ccccc4c23)cc1. The Morgan fingerprint density at radius 2 is 1.06 bits per heavy atom. The van der Waals surface area contributed by atoms with E-state index in [-0.39, 0.29) is 0 Å². The molecule has 0 unspecified atom stereocenters. The van der Waals surface area contributed by atoms with E-state index < -0.39 is 0 Å². The molecule has 0 saturated heterocycles. The summed E-state index contributed by atoms with van der Waals surface area (Å²) < 4.78 is 8.73. The van der Waals surface area contributed by atoms with Crippen LogP contribution in [0.3, 0.4) is 0 Å². The van der Waals surface area contributed by atoms with Crippen LogP contribution in [0.4, 0.5) is 17.1 Å². The number of hydrogen-bond donors (Lipinski definition) is 0. The van der Waals surface area contributed by atoms with E-state index in [2.05, 4.69) is 179 Å². The number of benzene rings is 8. The molecule has 0 aliphatic heterocycles. The highest BCUT2D eigenvalue weighted by Crippen LogP contribution is 2.44. The van der Waals surface area contributed by atoms with E-state index in [1.807, 2.05) is 12.1 Å². The van der Waals surface area contributed by atoms with Crippen LogP contribution < -0.4 is 4.90 Å². The molecule has 0 spiro atoms. The fraction of sp³-hybridized carbons (Fsp3) is 0. The van der Waals surface area contributed by atoms with Crippen LogP contribution in [0.1, 0.15) is 0 Å². The van der Waals surface area contributed by atoms with Crippen molar-refractivity contribution in [3.05, 3.63) is 182 Å². The number of nitrogens with zero attached hydrogens (tertiary/aromatic N) is 2. The van der Waals surface area contributed by atoms with Gasteiger partial charge < -0.3 is 13.9 Å².